The van der Waals surface area contributed by atoms with E-state index in [4.69, 9.17) is 0 Å². The molecule has 45 heavy (non-hydrogen) atoms. The molecule has 3 atom stereocenters. The van der Waals surface area contributed by atoms with Crippen LogP contribution >= 0.6 is 11.3 Å². The summed E-state index contributed by atoms with van der Waals surface area (Å²) in [5, 5.41) is 30.7. The van der Waals surface area contributed by atoms with Crippen molar-refractivity contribution < 1.29 is 19.8 Å². The first-order valence-electron chi connectivity index (χ1n) is 15.6. The third kappa shape index (κ3) is 8.36. The minimum atomic E-state index is -0.895. The lowest BCUT2D eigenvalue weighted by atomic mass is 9.99. The van der Waals surface area contributed by atoms with Gasteiger partial charge in [0, 0.05) is 41.8 Å². The van der Waals surface area contributed by atoms with Crippen LogP contribution in [0.25, 0.3) is 0 Å². The largest absolute Gasteiger partial charge is 0.508 e. The van der Waals surface area contributed by atoms with E-state index in [0.717, 1.165) is 40.2 Å². The Labute approximate surface area is 269 Å². The van der Waals surface area contributed by atoms with E-state index >= 15 is 0 Å². The predicted octanol–water partition coefficient (Wildman–Crippen LogP) is 5.75. The van der Waals surface area contributed by atoms with Gasteiger partial charge in [0.25, 0.3) is 11.8 Å². The molecule has 0 saturated carbocycles. The van der Waals surface area contributed by atoms with Crippen molar-refractivity contribution in [1.29, 1.82) is 0 Å². The number of benzene rings is 3. The number of carbonyl (C=O) groups is 2. The van der Waals surface area contributed by atoms with Crippen molar-refractivity contribution in [2.75, 3.05) is 13.1 Å². The van der Waals surface area contributed by atoms with Crippen LogP contribution in [-0.4, -0.2) is 57.1 Å². The summed E-state index contributed by atoms with van der Waals surface area (Å²) in [6.45, 7) is 7.45. The molecule has 2 amide bonds. The molecule has 4 N–H and O–H groups in total. The minimum Gasteiger partial charge on any atom is -0.508 e. The van der Waals surface area contributed by atoms with Gasteiger partial charge in [0.15, 0.2) is 0 Å². The summed E-state index contributed by atoms with van der Waals surface area (Å²) >= 11 is 1.58. The monoisotopic (exact) mass is 626 g/mol. The van der Waals surface area contributed by atoms with E-state index in [0.29, 0.717) is 30.6 Å². The molecule has 0 aliphatic carbocycles. The minimum absolute atomic E-state index is 0.0524. The van der Waals surface area contributed by atoms with Gasteiger partial charge in [-0.1, -0.05) is 56.3 Å². The molecule has 5 rings (SSSR count). The maximum absolute atomic E-state index is 13.6. The number of nitrogens with zero attached hydrogens (tertiary/aromatic N) is 2. The van der Waals surface area contributed by atoms with Crippen LogP contribution in [0.4, 0.5) is 0 Å². The van der Waals surface area contributed by atoms with E-state index in [9.17, 15) is 19.8 Å². The highest BCUT2D eigenvalue weighted by Gasteiger charge is 2.33. The van der Waals surface area contributed by atoms with E-state index < -0.39 is 12.1 Å². The van der Waals surface area contributed by atoms with E-state index in [2.05, 4.69) is 29.5 Å². The molecule has 4 aromatic rings. The molecule has 0 spiro atoms. The maximum atomic E-state index is 13.6. The number of nitrogens with one attached hydrogen (secondary N) is 2. The summed E-state index contributed by atoms with van der Waals surface area (Å²) in [6.07, 6.45) is 1.32. The fourth-order valence-corrected chi connectivity index (χ4v) is 6.74. The smallest absolute Gasteiger partial charge is 0.254 e. The number of aromatic hydroxyl groups is 1. The average molecular weight is 627 g/mol. The van der Waals surface area contributed by atoms with E-state index in [1.54, 1.807) is 47.7 Å². The van der Waals surface area contributed by atoms with Gasteiger partial charge in [0.2, 0.25) is 0 Å². The molecule has 2 heterocycles. The second-order valence-corrected chi connectivity index (χ2v) is 13.0. The molecule has 1 saturated heterocycles. The number of phenolic OH excluding ortho intramolecular Hbond substituents is 1. The highest BCUT2D eigenvalue weighted by atomic mass is 32.1. The normalized spacial score (nSPS) is 16.1. The number of aliphatic hydroxyl groups excluding tert-OH is 1. The van der Waals surface area contributed by atoms with Crippen molar-refractivity contribution in [2.45, 2.75) is 70.7 Å². The van der Waals surface area contributed by atoms with Gasteiger partial charge in [-0.05, 0) is 79.1 Å². The third-order valence-corrected chi connectivity index (χ3v) is 9.30. The molecular formula is C36H42N4O4S. The third-order valence-electron chi connectivity index (χ3n) is 8.24. The average Bonchev–Trinajstić information content (AvgIpc) is 3.69. The molecule has 0 radical (unpaired) electrons. The van der Waals surface area contributed by atoms with Crippen molar-refractivity contribution in [2.24, 2.45) is 0 Å². The number of aromatic nitrogens is 1. The van der Waals surface area contributed by atoms with Crippen LogP contribution in [0.3, 0.4) is 0 Å². The zero-order valence-electron chi connectivity index (χ0n) is 26.1. The SMILES string of the molecule is Cc1csc([C@H]2CCCN2C(=O)c2cccc(C(=O)N[C@@H](Cc3ccccc3)[C@@H](O)CNCc3cc(O)cc(C(C)C)c3)c2)n1. The topological polar surface area (TPSA) is 115 Å². The first-order valence-corrected chi connectivity index (χ1v) is 16.5. The Morgan fingerprint density at radius 2 is 1.80 bits per heavy atom. The summed E-state index contributed by atoms with van der Waals surface area (Å²) in [6, 6.07) is 21.4. The Bertz CT molecular complexity index is 1610. The Morgan fingerprint density at radius 1 is 1.02 bits per heavy atom. The summed E-state index contributed by atoms with van der Waals surface area (Å²) < 4.78 is 0. The molecule has 1 fully saturated rings. The fraction of sp³-hybridized carbons (Fsp3) is 0.361. The van der Waals surface area contributed by atoms with Crippen molar-refractivity contribution in [1.82, 2.24) is 20.5 Å². The van der Waals surface area contributed by atoms with Gasteiger partial charge < -0.3 is 25.7 Å². The van der Waals surface area contributed by atoms with Crippen molar-refractivity contribution in [3.63, 3.8) is 0 Å². The summed E-state index contributed by atoms with van der Waals surface area (Å²) in [5.41, 5.74) is 4.72. The van der Waals surface area contributed by atoms with Gasteiger partial charge in [-0.2, -0.15) is 0 Å². The molecule has 9 heteroatoms. The molecule has 1 aromatic heterocycles. The molecular weight excluding hydrogens is 584 g/mol. The zero-order chi connectivity index (χ0) is 31.9. The van der Waals surface area contributed by atoms with Crippen molar-refractivity contribution in [3.8, 4) is 5.75 Å². The number of hydrogen-bond acceptors (Lipinski definition) is 7. The Kier molecular flexibility index (Phi) is 10.7. The lowest BCUT2D eigenvalue weighted by Gasteiger charge is -2.25. The molecule has 236 valence electrons. The zero-order valence-corrected chi connectivity index (χ0v) is 26.9. The molecule has 1 aliphatic heterocycles. The lowest BCUT2D eigenvalue weighted by Crippen LogP contribution is -2.48. The van der Waals surface area contributed by atoms with Crippen LogP contribution in [0.1, 0.15) is 86.8 Å². The second kappa shape index (κ2) is 14.8. The number of aliphatic hydroxyl groups is 1. The van der Waals surface area contributed by atoms with Gasteiger partial charge in [0.05, 0.1) is 18.2 Å². The van der Waals surface area contributed by atoms with Crippen LogP contribution in [0, 0.1) is 6.92 Å². The quantitative estimate of drug-likeness (QED) is 0.159. The van der Waals surface area contributed by atoms with Gasteiger partial charge in [-0.25, -0.2) is 4.98 Å². The van der Waals surface area contributed by atoms with Crippen LogP contribution in [0.5, 0.6) is 5.75 Å². The molecule has 3 aromatic carbocycles. The van der Waals surface area contributed by atoms with Gasteiger partial charge in [-0.3, -0.25) is 9.59 Å². The van der Waals surface area contributed by atoms with Crippen molar-refractivity contribution in [3.05, 3.63) is 117 Å². The predicted molar refractivity (Wildman–Crippen MR) is 178 cm³/mol. The highest BCUT2D eigenvalue weighted by molar-refractivity contribution is 7.09. The summed E-state index contributed by atoms with van der Waals surface area (Å²) in [7, 11) is 0. The van der Waals surface area contributed by atoms with Gasteiger partial charge in [0.1, 0.15) is 10.8 Å². The Balaban J connectivity index is 1.27. The second-order valence-electron chi connectivity index (χ2n) is 12.1. The van der Waals surface area contributed by atoms with Gasteiger partial charge in [-0.15, -0.1) is 11.3 Å². The number of amides is 2. The highest BCUT2D eigenvalue weighted by Crippen LogP contribution is 2.35. The number of likely N-dealkylation sites (tertiary alicyclic amines) is 1. The lowest BCUT2D eigenvalue weighted by molar-refractivity contribution is 0.0735. The van der Waals surface area contributed by atoms with Crippen LogP contribution in [-0.2, 0) is 13.0 Å². The summed E-state index contributed by atoms with van der Waals surface area (Å²) in [5.74, 6) is 0.0251. The number of thiazole rings is 1. The van der Waals surface area contributed by atoms with Crippen LogP contribution in [0.15, 0.2) is 78.2 Å². The number of rotatable bonds is 12. The van der Waals surface area contributed by atoms with Crippen LogP contribution in [0.2, 0.25) is 0 Å². The number of aryl methyl sites for hydroxylation is 1. The maximum Gasteiger partial charge on any atom is 0.254 e. The molecule has 8 nitrogen and oxygen atoms in total. The van der Waals surface area contributed by atoms with Gasteiger partial charge >= 0.3 is 0 Å². The molecule has 1 aliphatic rings. The van der Waals surface area contributed by atoms with Crippen molar-refractivity contribution >= 4 is 23.2 Å². The first-order chi connectivity index (χ1) is 21.7. The number of carbonyl (C=O) groups excluding carboxylic acids is 2. The fourth-order valence-electron chi connectivity index (χ4n) is 5.80. The standard InChI is InChI=1S/C36H42N4O4S/c1-23(2)29-15-26(16-30(41)19-29)20-37-21-33(42)31(17-25-9-5-4-6-10-25)39-34(43)27-11-7-12-28(18-27)36(44)40-14-8-13-32(40)35-38-24(3)22-45-35/h4-7,9-12,15-16,18-19,22-23,31-33,37,41-42H,8,13-14,17,20-21H2,1-3H3,(H,39,43)/t31-,32+,33-/m0/s1. The van der Waals surface area contributed by atoms with E-state index in [1.165, 1.54) is 0 Å². The van der Waals surface area contributed by atoms with E-state index in [-0.39, 0.29) is 36.1 Å². The number of phenols is 1. The first kappa shape index (κ1) is 32.3. The van der Waals surface area contributed by atoms with E-state index in [1.807, 2.05) is 53.6 Å². The molecule has 0 bridgehead atoms. The van der Waals surface area contributed by atoms with Crippen LogP contribution < -0.4 is 10.6 Å². The summed E-state index contributed by atoms with van der Waals surface area (Å²) in [4.78, 5) is 33.7. The number of hydrogen-bond donors (Lipinski definition) is 4. The Morgan fingerprint density at radius 3 is 2.53 bits per heavy atom. The Hall–Kier alpha value is -4.05. The molecule has 0 unspecified atom stereocenters.